The molecule has 2 rings (SSSR count). The van der Waals surface area contributed by atoms with Crippen LogP contribution in [0.3, 0.4) is 0 Å². The van der Waals surface area contributed by atoms with Crippen molar-refractivity contribution in [1.29, 1.82) is 0 Å². The Labute approximate surface area is 85.3 Å². The van der Waals surface area contributed by atoms with Crippen LogP contribution < -0.4 is 10.4 Å². The first kappa shape index (κ1) is 9.26. The third kappa shape index (κ3) is 1.66. The van der Waals surface area contributed by atoms with E-state index in [9.17, 15) is 0 Å². The van der Waals surface area contributed by atoms with E-state index in [1.165, 1.54) is 15.4 Å². The third-order valence-electron chi connectivity index (χ3n) is 2.42. The van der Waals surface area contributed by atoms with Crippen molar-refractivity contribution in [2.24, 2.45) is 0 Å². The summed E-state index contributed by atoms with van der Waals surface area (Å²) in [4.78, 5) is 4.70. The van der Waals surface area contributed by atoms with Crippen molar-refractivity contribution in [3.8, 4) is 0 Å². The number of nitrogens with zero attached hydrogens (tertiary/aromatic N) is 1. The van der Waals surface area contributed by atoms with Crippen LogP contribution in [0.2, 0.25) is 6.32 Å². The van der Waals surface area contributed by atoms with Gasteiger partial charge in [0, 0.05) is 0 Å². The van der Waals surface area contributed by atoms with Gasteiger partial charge in [0.05, 0.1) is 0 Å². The summed E-state index contributed by atoms with van der Waals surface area (Å²) in [6.07, 6.45) is 1.15. The van der Waals surface area contributed by atoms with Crippen LogP contribution in [-0.4, -0.2) is 32.2 Å². The Morgan fingerprint density at radius 1 is 1.69 bits per heavy atom. The van der Waals surface area contributed by atoms with Crippen LogP contribution in [0, 0.1) is 0 Å². The molecule has 1 aromatic rings. The monoisotopic (exact) mass is 187 g/mol. The van der Waals surface area contributed by atoms with Gasteiger partial charge in [-0.1, -0.05) is 0 Å². The molecule has 0 aliphatic carbocycles. The maximum atomic E-state index is 4.70. The molecule has 0 fully saturated rings. The van der Waals surface area contributed by atoms with Crippen LogP contribution in [-0.2, 0) is 0 Å². The van der Waals surface area contributed by atoms with Crippen molar-refractivity contribution in [3.05, 3.63) is 5.01 Å². The van der Waals surface area contributed by atoms with Gasteiger partial charge < -0.3 is 0 Å². The van der Waals surface area contributed by atoms with E-state index in [1.807, 2.05) is 11.3 Å². The van der Waals surface area contributed by atoms with Gasteiger partial charge in [0.2, 0.25) is 0 Å². The second-order valence-corrected chi connectivity index (χ2v) is 5.06. The molecule has 5 heteroatoms. The predicted molar refractivity (Wildman–Crippen MR) is 66.4 cm³/mol. The Bertz CT molecular complexity index is 345. The summed E-state index contributed by atoms with van der Waals surface area (Å²) in [6, 6.07) is 0. The molecule has 0 spiro atoms. The first-order valence-electron chi connectivity index (χ1n) is 4.85. The number of thiazole rings is 1. The minimum atomic E-state index is 0.566. The van der Waals surface area contributed by atoms with Gasteiger partial charge in [-0.15, -0.1) is 0 Å². The molecule has 0 aromatic carbocycles. The Hall–Kier alpha value is -0.305. The van der Waals surface area contributed by atoms with Crippen LogP contribution in [0.15, 0.2) is 0 Å². The molecule has 0 saturated carbocycles. The molecule has 1 aliphatic rings. The summed E-state index contributed by atoms with van der Waals surface area (Å²) >= 11 is 1.85. The molecular weight excluding hydrogens is 175 g/mol. The summed E-state index contributed by atoms with van der Waals surface area (Å²) in [5.41, 5.74) is 1.32. The number of hydrogen-bond acceptors (Lipinski definition) is 2. The quantitative estimate of drug-likeness (QED) is 0.526. The molecule has 0 bridgehead atoms. The van der Waals surface area contributed by atoms with Crippen LogP contribution >= 0.6 is 11.3 Å². The van der Waals surface area contributed by atoms with Crippen LogP contribution in [0.1, 0.15) is 24.8 Å². The van der Waals surface area contributed by atoms with E-state index in [0.29, 0.717) is 12.5 Å². The molecule has 0 amide bonds. The maximum absolute atomic E-state index is 4.70. The van der Waals surface area contributed by atoms with Gasteiger partial charge in [0.15, 0.2) is 0 Å². The Kier molecular flexibility index (Phi) is 2.46. The molecule has 0 radical (unpaired) electrons. The van der Waals surface area contributed by atoms with E-state index in [-0.39, 0.29) is 0 Å². The number of aromatic nitrogens is 1. The van der Waals surface area contributed by atoms with E-state index in [2.05, 4.69) is 34.5 Å². The molecule has 1 aromatic heterocycles. The molecule has 0 saturated heterocycles. The molecular formula is C8H12B3NS. The molecule has 2 heterocycles. The second kappa shape index (κ2) is 3.45. The fourth-order valence-corrected chi connectivity index (χ4v) is 2.69. The van der Waals surface area contributed by atoms with Crippen molar-refractivity contribution >= 4 is 48.9 Å². The van der Waals surface area contributed by atoms with E-state index in [0.717, 1.165) is 6.32 Å². The summed E-state index contributed by atoms with van der Waals surface area (Å²) in [5, 5.41) is 1.28. The molecule has 13 heavy (non-hydrogen) atoms. The Morgan fingerprint density at radius 3 is 3.08 bits per heavy atom. The van der Waals surface area contributed by atoms with Crippen molar-refractivity contribution in [1.82, 2.24) is 4.98 Å². The first-order valence-corrected chi connectivity index (χ1v) is 5.67. The Morgan fingerprint density at radius 2 is 2.46 bits per heavy atom. The summed E-state index contributed by atoms with van der Waals surface area (Å²) < 4.78 is 1.38. The van der Waals surface area contributed by atoms with Crippen LogP contribution in [0.4, 0.5) is 0 Å². The second-order valence-electron chi connectivity index (χ2n) is 4.00. The molecule has 0 N–H and O–H groups in total. The zero-order valence-corrected chi connectivity index (χ0v) is 9.19. The average molecular weight is 187 g/mol. The summed E-state index contributed by atoms with van der Waals surface area (Å²) in [5.74, 6) is 2.83. The van der Waals surface area contributed by atoms with E-state index in [1.54, 1.807) is 0 Å². The van der Waals surface area contributed by atoms with E-state index >= 15 is 0 Å². The van der Waals surface area contributed by atoms with Crippen molar-refractivity contribution < 1.29 is 0 Å². The predicted octanol–water partition coefficient (Wildman–Crippen LogP) is -0.757. The molecule has 64 valence electrons. The Balaban J connectivity index is 2.43. The van der Waals surface area contributed by atoms with Crippen molar-refractivity contribution in [2.75, 3.05) is 0 Å². The minimum absolute atomic E-state index is 0.566. The van der Waals surface area contributed by atoms with Gasteiger partial charge in [-0.05, 0) is 0 Å². The van der Waals surface area contributed by atoms with Crippen LogP contribution in [0.25, 0.3) is 0 Å². The zero-order valence-electron chi connectivity index (χ0n) is 8.37. The fraction of sp³-hybridized carbons (Fsp3) is 0.500. The van der Waals surface area contributed by atoms with Gasteiger partial charge in [0.1, 0.15) is 0 Å². The average Bonchev–Trinajstić information content (AvgIpc) is 2.49. The topological polar surface area (TPSA) is 12.9 Å². The summed E-state index contributed by atoms with van der Waals surface area (Å²) in [6.45, 7) is 7.25. The molecule has 1 aliphatic heterocycles. The van der Waals surface area contributed by atoms with Crippen molar-refractivity contribution in [2.45, 2.75) is 26.1 Å². The van der Waals surface area contributed by atoms with Gasteiger partial charge in [-0.25, -0.2) is 0 Å². The standard InChI is InChI=1S/C8H12B3NS/c1-5(2)8-12-7-6(13-8)10-3-4-11(7)9/h3,5H,4,9H2,1-2H3. The first-order chi connectivity index (χ1) is 6.18. The normalized spacial score (nSPS) is 14.5. The third-order valence-corrected chi connectivity index (χ3v) is 3.75. The van der Waals surface area contributed by atoms with Gasteiger partial charge >= 0.3 is 85.0 Å². The number of rotatable bonds is 1. The zero-order chi connectivity index (χ0) is 9.42. The molecule has 1 nitrogen and oxygen atoms in total. The number of fused-ring (bicyclic) bond motifs is 1. The van der Waals surface area contributed by atoms with E-state index < -0.39 is 0 Å². The van der Waals surface area contributed by atoms with Gasteiger partial charge in [-0.2, -0.15) is 0 Å². The van der Waals surface area contributed by atoms with Crippen LogP contribution in [0.5, 0.6) is 0 Å². The number of hydrogen-bond donors (Lipinski definition) is 0. The molecule has 0 atom stereocenters. The van der Waals surface area contributed by atoms with Crippen molar-refractivity contribution in [3.63, 3.8) is 0 Å². The van der Waals surface area contributed by atoms with Gasteiger partial charge in [-0.3, -0.25) is 0 Å². The molecule has 0 unspecified atom stereocenters. The fourth-order valence-electron chi connectivity index (χ4n) is 1.57. The summed E-state index contributed by atoms with van der Waals surface area (Å²) in [7, 11) is 2.26. The SMILES string of the molecule is BB1CC=Bc2sc(C(C)C)nc21. The van der Waals surface area contributed by atoms with E-state index in [4.69, 9.17) is 4.98 Å². The van der Waals surface area contributed by atoms with Gasteiger partial charge in [0.25, 0.3) is 0 Å².